The van der Waals surface area contributed by atoms with Gasteiger partial charge in [0.2, 0.25) is 5.95 Å². The Balaban J connectivity index is 1.18. The number of aromatic nitrogens is 4. The summed E-state index contributed by atoms with van der Waals surface area (Å²) in [6.07, 6.45) is 0. The molecule has 0 aliphatic carbocycles. The number of nitrogens with zero attached hydrogens (tertiary/aromatic N) is 4. The molecule has 0 atom stereocenters. The van der Waals surface area contributed by atoms with E-state index in [1.165, 1.54) is 22.3 Å². The molecule has 4 nitrogen and oxygen atoms in total. The molecule has 2 heterocycles. The maximum absolute atomic E-state index is 5.37. The van der Waals surface area contributed by atoms with Crippen LogP contribution in [-0.2, 0) is 0 Å². The molecular formula is C57H38N4. The molecule has 11 aromatic rings. The zero-order chi connectivity index (χ0) is 40.5. The number of hydrogen-bond donors (Lipinski definition) is 0. The van der Waals surface area contributed by atoms with Crippen molar-refractivity contribution in [3.63, 3.8) is 0 Å². The van der Waals surface area contributed by atoms with Crippen LogP contribution in [0.15, 0.2) is 231 Å². The first-order chi connectivity index (χ1) is 30.2. The van der Waals surface area contributed by atoms with E-state index in [0.717, 1.165) is 66.3 Å². The maximum atomic E-state index is 5.37. The van der Waals surface area contributed by atoms with Gasteiger partial charge in [0.1, 0.15) is 0 Å². The molecule has 2 aromatic heterocycles. The molecule has 0 bridgehead atoms. The fraction of sp³-hybridized carbons (Fsp3) is 0. The van der Waals surface area contributed by atoms with Crippen molar-refractivity contribution >= 4 is 21.8 Å². The van der Waals surface area contributed by atoms with Crippen LogP contribution in [0, 0.1) is 0 Å². The topological polar surface area (TPSA) is 43.6 Å². The molecule has 0 amide bonds. The highest BCUT2D eigenvalue weighted by Crippen LogP contribution is 2.42. The van der Waals surface area contributed by atoms with Crippen LogP contribution in [-0.4, -0.2) is 19.5 Å². The lowest BCUT2D eigenvalue weighted by molar-refractivity contribution is 0.954. The summed E-state index contributed by atoms with van der Waals surface area (Å²) in [5.41, 5.74) is 15.3. The zero-order valence-electron chi connectivity index (χ0n) is 33.2. The SMILES string of the molecule is c1ccc(-c2cc(-c3ccccc3)cc(-c3ccc4c(c3)c3c(-c5ccccc5)cccc3n4-c3nc(-c4ccccc4)nc(-c4ccccc4-c4ccccc4)n3)c2)cc1. The predicted molar refractivity (Wildman–Crippen MR) is 252 cm³/mol. The van der Waals surface area contributed by atoms with Gasteiger partial charge in [0.25, 0.3) is 0 Å². The van der Waals surface area contributed by atoms with Gasteiger partial charge in [0.15, 0.2) is 11.6 Å². The highest BCUT2D eigenvalue weighted by Gasteiger charge is 2.22. The minimum atomic E-state index is 0.558. The van der Waals surface area contributed by atoms with Crippen molar-refractivity contribution in [1.82, 2.24) is 19.5 Å². The van der Waals surface area contributed by atoms with Gasteiger partial charge in [-0.25, -0.2) is 4.98 Å². The Morgan fingerprint density at radius 1 is 0.262 bits per heavy atom. The fourth-order valence-corrected chi connectivity index (χ4v) is 8.56. The van der Waals surface area contributed by atoms with Gasteiger partial charge >= 0.3 is 0 Å². The first-order valence-electron chi connectivity index (χ1n) is 20.6. The Bertz CT molecular complexity index is 3270. The van der Waals surface area contributed by atoms with Gasteiger partial charge < -0.3 is 0 Å². The van der Waals surface area contributed by atoms with Crippen molar-refractivity contribution < 1.29 is 0 Å². The molecule has 0 aliphatic rings. The standard InChI is InChI=1S/C57H38N4/c1-6-19-39(20-7-1)45-35-46(40-21-8-2-9-22-40)37-47(36-45)44-33-34-52-51(38-44)54-49(42-25-12-4-13-26-42)31-18-32-53(54)61(52)57-59-55(43-27-14-5-15-28-43)58-56(60-57)50-30-17-16-29-48(50)41-23-10-3-11-24-41/h1-38H. The van der Waals surface area contributed by atoms with Gasteiger partial charge in [0, 0.05) is 21.9 Å². The summed E-state index contributed by atoms with van der Waals surface area (Å²) in [5, 5.41) is 2.26. The minimum absolute atomic E-state index is 0.558. The highest BCUT2D eigenvalue weighted by atomic mass is 15.2. The van der Waals surface area contributed by atoms with Gasteiger partial charge in [0.05, 0.1) is 11.0 Å². The Hall–Kier alpha value is -8.21. The van der Waals surface area contributed by atoms with Crippen LogP contribution in [0.5, 0.6) is 0 Å². The molecule has 0 fully saturated rings. The first-order valence-corrected chi connectivity index (χ1v) is 20.6. The van der Waals surface area contributed by atoms with Crippen LogP contribution in [0.1, 0.15) is 0 Å². The Morgan fingerprint density at radius 2 is 0.721 bits per heavy atom. The predicted octanol–water partition coefficient (Wildman–Crippen LogP) is 14.6. The summed E-state index contributed by atoms with van der Waals surface area (Å²) in [7, 11) is 0. The van der Waals surface area contributed by atoms with Gasteiger partial charge in [-0.15, -0.1) is 0 Å². The lowest BCUT2D eigenvalue weighted by Gasteiger charge is -2.14. The van der Waals surface area contributed by atoms with Crippen molar-refractivity contribution in [2.75, 3.05) is 0 Å². The van der Waals surface area contributed by atoms with Crippen LogP contribution in [0.2, 0.25) is 0 Å². The number of benzene rings is 9. The Kier molecular flexibility index (Phi) is 9.14. The molecule has 0 aliphatic heterocycles. The summed E-state index contributed by atoms with van der Waals surface area (Å²) in [6, 6.07) is 81.2. The van der Waals surface area contributed by atoms with E-state index in [2.05, 4.69) is 211 Å². The zero-order valence-corrected chi connectivity index (χ0v) is 33.2. The van der Waals surface area contributed by atoms with Crippen LogP contribution in [0.25, 0.3) is 106 Å². The molecular weight excluding hydrogens is 741 g/mol. The van der Waals surface area contributed by atoms with Crippen LogP contribution >= 0.6 is 0 Å². The van der Waals surface area contributed by atoms with Crippen LogP contribution in [0.3, 0.4) is 0 Å². The molecule has 4 heteroatoms. The van der Waals surface area contributed by atoms with E-state index < -0.39 is 0 Å². The maximum Gasteiger partial charge on any atom is 0.238 e. The monoisotopic (exact) mass is 778 g/mol. The number of hydrogen-bond acceptors (Lipinski definition) is 3. The Morgan fingerprint density at radius 3 is 1.31 bits per heavy atom. The number of rotatable bonds is 8. The smallest absolute Gasteiger partial charge is 0.238 e. The second-order valence-electron chi connectivity index (χ2n) is 15.2. The van der Waals surface area contributed by atoms with E-state index in [1.807, 2.05) is 24.3 Å². The summed E-state index contributed by atoms with van der Waals surface area (Å²) in [5.74, 6) is 1.78. The van der Waals surface area contributed by atoms with Crippen molar-refractivity contribution in [2.45, 2.75) is 0 Å². The third-order valence-electron chi connectivity index (χ3n) is 11.5. The van der Waals surface area contributed by atoms with Gasteiger partial charge in [-0.1, -0.05) is 194 Å². The van der Waals surface area contributed by atoms with E-state index in [-0.39, 0.29) is 0 Å². The lowest BCUT2D eigenvalue weighted by Crippen LogP contribution is -2.06. The molecule has 9 aromatic carbocycles. The average Bonchev–Trinajstić information content (AvgIpc) is 3.69. The quantitative estimate of drug-likeness (QED) is 0.154. The molecule has 0 saturated carbocycles. The number of fused-ring (bicyclic) bond motifs is 3. The fourth-order valence-electron chi connectivity index (χ4n) is 8.56. The normalized spacial score (nSPS) is 11.3. The van der Waals surface area contributed by atoms with E-state index in [4.69, 9.17) is 15.0 Å². The lowest BCUT2D eigenvalue weighted by atomic mass is 9.92. The van der Waals surface area contributed by atoms with E-state index in [9.17, 15) is 0 Å². The third kappa shape index (κ3) is 6.76. The van der Waals surface area contributed by atoms with Crippen molar-refractivity contribution in [3.05, 3.63) is 231 Å². The van der Waals surface area contributed by atoms with Gasteiger partial charge in [-0.2, -0.15) is 9.97 Å². The van der Waals surface area contributed by atoms with Crippen LogP contribution < -0.4 is 0 Å². The summed E-state index contributed by atoms with van der Waals surface area (Å²) >= 11 is 0. The minimum Gasteiger partial charge on any atom is -0.278 e. The molecule has 0 radical (unpaired) electrons. The molecule has 0 unspecified atom stereocenters. The van der Waals surface area contributed by atoms with Crippen LogP contribution in [0.4, 0.5) is 0 Å². The molecule has 0 N–H and O–H groups in total. The molecule has 11 rings (SSSR count). The van der Waals surface area contributed by atoms with Gasteiger partial charge in [-0.05, 0) is 92.0 Å². The van der Waals surface area contributed by atoms with Crippen molar-refractivity contribution in [2.24, 2.45) is 0 Å². The summed E-state index contributed by atoms with van der Waals surface area (Å²) in [4.78, 5) is 15.8. The second-order valence-corrected chi connectivity index (χ2v) is 15.2. The van der Waals surface area contributed by atoms with Gasteiger partial charge in [-0.3, -0.25) is 4.57 Å². The average molecular weight is 779 g/mol. The molecule has 0 spiro atoms. The second kappa shape index (κ2) is 15.5. The molecule has 0 saturated heterocycles. The first kappa shape index (κ1) is 35.9. The summed E-state index contributed by atoms with van der Waals surface area (Å²) < 4.78 is 2.22. The summed E-state index contributed by atoms with van der Waals surface area (Å²) in [6.45, 7) is 0. The Labute approximate surface area is 354 Å². The molecule has 286 valence electrons. The van der Waals surface area contributed by atoms with Crippen molar-refractivity contribution in [3.8, 4) is 84.4 Å². The van der Waals surface area contributed by atoms with E-state index in [1.54, 1.807) is 0 Å². The highest BCUT2D eigenvalue weighted by molar-refractivity contribution is 6.16. The van der Waals surface area contributed by atoms with E-state index >= 15 is 0 Å². The van der Waals surface area contributed by atoms with Crippen molar-refractivity contribution in [1.29, 1.82) is 0 Å². The largest absolute Gasteiger partial charge is 0.278 e. The third-order valence-corrected chi connectivity index (χ3v) is 11.5. The molecule has 61 heavy (non-hydrogen) atoms. The van der Waals surface area contributed by atoms with E-state index in [0.29, 0.717) is 17.6 Å².